The largest absolute Gasteiger partial charge is 0.490 e. The van der Waals surface area contributed by atoms with Crippen LogP contribution in [0.1, 0.15) is 31.3 Å². The van der Waals surface area contributed by atoms with Crippen LogP contribution in [0, 0.1) is 0 Å². The molecule has 1 aromatic rings. The van der Waals surface area contributed by atoms with Gasteiger partial charge in [0, 0.05) is 12.5 Å². The summed E-state index contributed by atoms with van der Waals surface area (Å²) < 4.78 is 5.65. The Morgan fingerprint density at radius 1 is 1.41 bits per heavy atom. The van der Waals surface area contributed by atoms with Crippen molar-refractivity contribution in [2.45, 2.75) is 26.3 Å². The molecule has 17 heavy (non-hydrogen) atoms. The van der Waals surface area contributed by atoms with Gasteiger partial charge in [0.1, 0.15) is 18.1 Å². The number of hydrogen-bond acceptors (Lipinski definition) is 4. The summed E-state index contributed by atoms with van der Waals surface area (Å²) in [6.07, 6.45) is 1.59. The van der Waals surface area contributed by atoms with Crippen LogP contribution in [0.25, 0.3) is 0 Å². The number of carbonyl (C=O) groups excluding carboxylic acids is 1. The smallest absolute Gasteiger partial charge is 0.178 e. The highest BCUT2D eigenvalue weighted by Crippen LogP contribution is 2.15. The van der Waals surface area contributed by atoms with Crippen molar-refractivity contribution < 1.29 is 9.53 Å². The van der Waals surface area contributed by atoms with Gasteiger partial charge < -0.3 is 9.64 Å². The third-order valence-electron chi connectivity index (χ3n) is 2.90. The van der Waals surface area contributed by atoms with Gasteiger partial charge in [-0.3, -0.25) is 4.79 Å². The summed E-state index contributed by atoms with van der Waals surface area (Å²) in [6.45, 7) is 6.27. The highest BCUT2D eigenvalue weighted by molar-refractivity contribution is 5.92. The molecule has 4 nitrogen and oxygen atoms in total. The van der Waals surface area contributed by atoms with Gasteiger partial charge in [0.25, 0.3) is 0 Å². The average Bonchev–Trinajstić information content (AvgIpc) is 2.27. The molecule has 0 amide bonds. The second kappa shape index (κ2) is 5.27. The number of aromatic nitrogens is 1. The second-order valence-electron chi connectivity index (χ2n) is 4.93. The summed E-state index contributed by atoms with van der Waals surface area (Å²) in [5.41, 5.74) is 0.420. The molecule has 0 spiro atoms. The first-order valence-corrected chi connectivity index (χ1v) is 5.60. The van der Waals surface area contributed by atoms with E-state index in [0.29, 0.717) is 18.1 Å². The lowest BCUT2D eigenvalue weighted by Crippen LogP contribution is -2.43. The molecule has 0 atom stereocenters. The first kappa shape index (κ1) is 13.6. The van der Waals surface area contributed by atoms with E-state index < -0.39 is 0 Å². The van der Waals surface area contributed by atoms with E-state index >= 15 is 0 Å². The zero-order chi connectivity index (χ0) is 13.1. The Kier molecular flexibility index (Phi) is 4.23. The third-order valence-corrected chi connectivity index (χ3v) is 2.90. The Morgan fingerprint density at radius 2 is 2.06 bits per heavy atom. The molecule has 0 saturated carbocycles. The highest BCUT2D eigenvalue weighted by Gasteiger charge is 2.21. The molecule has 0 unspecified atom stereocenters. The lowest BCUT2D eigenvalue weighted by molar-refractivity contribution is 0.101. The molecule has 0 aliphatic heterocycles. The Bertz CT molecular complexity index is 383. The van der Waals surface area contributed by atoms with Gasteiger partial charge in [-0.1, -0.05) is 0 Å². The molecular formula is C13H20N2O2. The number of pyridine rings is 1. The van der Waals surface area contributed by atoms with Crippen molar-refractivity contribution in [1.82, 2.24) is 9.88 Å². The van der Waals surface area contributed by atoms with Crippen LogP contribution in [0.5, 0.6) is 5.75 Å². The summed E-state index contributed by atoms with van der Waals surface area (Å²) in [4.78, 5) is 17.2. The van der Waals surface area contributed by atoms with Crippen molar-refractivity contribution in [2.75, 3.05) is 20.7 Å². The Balaban J connectivity index is 2.62. The Labute approximate surface area is 103 Å². The number of hydrogen-bond donors (Lipinski definition) is 0. The fourth-order valence-corrected chi connectivity index (χ4v) is 1.06. The predicted octanol–water partition coefficient (Wildman–Crippen LogP) is 2.00. The number of likely N-dealkylation sites (N-methyl/N-ethyl adjacent to an activating group) is 1. The van der Waals surface area contributed by atoms with Crippen molar-refractivity contribution in [3.63, 3.8) is 0 Å². The van der Waals surface area contributed by atoms with Crippen molar-refractivity contribution in [3.05, 3.63) is 24.0 Å². The van der Waals surface area contributed by atoms with Crippen LogP contribution in [-0.2, 0) is 0 Å². The quantitative estimate of drug-likeness (QED) is 0.733. The van der Waals surface area contributed by atoms with Crippen LogP contribution in [0.2, 0.25) is 0 Å². The van der Waals surface area contributed by atoms with E-state index in [-0.39, 0.29) is 11.3 Å². The molecule has 0 aliphatic carbocycles. The summed E-state index contributed by atoms with van der Waals surface area (Å²) in [7, 11) is 4.03. The molecule has 0 aliphatic rings. The van der Waals surface area contributed by atoms with E-state index in [1.54, 1.807) is 18.3 Å². The van der Waals surface area contributed by atoms with Crippen molar-refractivity contribution in [2.24, 2.45) is 0 Å². The van der Waals surface area contributed by atoms with E-state index in [1.165, 1.54) is 6.92 Å². The van der Waals surface area contributed by atoms with Crippen LogP contribution in [0.3, 0.4) is 0 Å². The molecule has 94 valence electrons. The third kappa shape index (κ3) is 3.82. The molecule has 0 radical (unpaired) electrons. The lowest BCUT2D eigenvalue weighted by atomic mass is 10.1. The molecule has 4 heteroatoms. The Hall–Kier alpha value is -1.42. The molecule has 0 bridgehead atoms. The second-order valence-corrected chi connectivity index (χ2v) is 4.93. The summed E-state index contributed by atoms with van der Waals surface area (Å²) in [6, 6.07) is 3.45. The zero-order valence-corrected chi connectivity index (χ0v) is 11.2. The molecule has 0 aromatic carbocycles. The minimum Gasteiger partial charge on any atom is -0.490 e. The normalized spacial score (nSPS) is 11.6. The number of nitrogens with zero attached hydrogens (tertiary/aromatic N) is 2. The monoisotopic (exact) mass is 236 g/mol. The molecule has 1 aromatic heterocycles. The van der Waals surface area contributed by atoms with Gasteiger partial charge in [-0.15, -0.1) is 0 Å². The van der Waals surface area contributed by atoms with E-state index in [9.17, 15) is 4.79 Å². The molecule has 1 rings (SSSR count). The standard InChI is InChI=1S/C13H20N2O2/c1-10(16)12-7-6-11(8-14-12)17-9-13(2,3)15(4)5/h6-8H,9H2,1-5H3. The SMILES string of the molecule is CC(=O)c1ccc(OCC(C)(C)N(C)C)cn1. The van der Waals surface area contributed by atoms with Gasteiger partial charge in [-0.25, -0.2) is 4.98 Å². The van der Waals surface area contributed by atoms with Gasteiger partial charge in [0.05, 0.1) is 6.20 Å². The topological polar surface area (TPSA) is 42.4 Å². The van der Waals surface area contributed by atoms with Gasteiger partial charge in [-0.2, -0.15) is 0 Å². The van der Waals surface area contributed by atoms with Gasteiger partial charge in [-0.05, 0) is 40.1 Å². The first-order valence-electron chi connectivity index (χ1n) is 5.60. The fourth-order valence-electron chi connectivity index (χ4n) is 1.06. The van der Waals surface area contributed by atoms with Gasteiger partial charge >= 0.3 is 0 Å². The highest BCUT2D eigenvalue weighted by atomic mass is 16.5. The van der Waals surface area contributed by atoms with Crippen LogP contribution in [0.4, 0.5) is 0 Å². The van der Waals surface area contributed by atoms with Crippen molar-refractivity contribution in [3.8, 4) is 5.75 Å². The lowest BCUT2D eigenvalue weighted by Gasteiger charge is -2.32. The summed E-state index contributed by atoms with van der Waals surface area (Å²) >= 11 is 0. The predicted molar refractivity (Wildman–Crippen MR) is 67.5 cm³/mol. The fraction of sp³-hybridized carbons (Fsp3) is 0.538. The van der Waals surface area contributed by atoms with E-state index in [0.717, 1.165) is 0 Å². The van der Waals surface area contributed by atoms with Gasteiger partial charge in [0.15, 0.2) is 5.78 Å². The maximum atomic E-state index is 11.1. The van der Waals surface area contributed by atoms with Crippen LogP contribution >= 0.6 is 0 Å². The number of carbonyl (C=O) groups is 1. The number of Topliss-reactive ketones (excluding diaryl/α,β-unsaturated/α-hetero) is 1. The summed E-state index contributed by atoms with van der Waals surface area (Å²) in [5, 5.41) is 0. The molecule has 1 heterocycles. The molecular weight excluding hydrogens is 216 g/mol. The first-order chi connectivity index (χ1) is 7.83. The number of rotatable bonds is 5. The zero-order valence-electron chi connectivity index (χ0n) is 11.2. The number of ether oxygens (including phenoxy) is 1. The Morgan fingerprint density at radius 3 is 2.47 bits per heavy atom. The minimum absolute atomic E-state index is 0.0369. The van der Waals surface area contributed by atoms with Crippen LogP contribution in [0.15, 0.2) is 18.3 Å². The minimum atomic E-state index is -0.0424. The molecule has 0 fully saturated rings. The van der Waals surface area contributed by atoms with Crippen LogP contribution < -0.4 is 4.74 Å². The van der Waals surface area contributed by atoms with Crippen molar-refractivity contribution >= 4 is 5.78 Å². The average molecular weight is 236 g/mol. The molecule has 0 N–H and O–H groups in total. The maximum absolute atomic E-state index is 11.1. The summed E-state index contributed by atoms with van der Waals surface area (Å²) in [5.74, 6) is 0.648. The van der Waals surface area contributed by atoms with E-state index in [4.69, 9.17) is 4.74 Å². The van der Waals surface area contributed by atoms with Crippen LogP contribution in [-0.4, -0.2) is 41.9 Å². The molecule has 0 saturated heterocycles. The maximum Gasteiger partial charge on any atom is 0.178 e. The van der Waals surface area contributed by atoms with E-state index in [2.05, 4.69) is 23.7 Å². The van der Waals surface area contributed by atoms with Crippen molar-refractivity contribution in [1.29, 1.82) is 0 Å². The van der Waals surface area contributed by atoms with Gasteiger partial charge in [0.2, 0.25) is 0 Å². The number of ketones is 1. The van der Waals surface area contributed by atoms with E-state index in [1.807, 2.05) is 14.1 Å².